The average Bonchev–Trinajstić information content (AvgIpc) is 2.08. The van der Waals surface area contributed by atoms with Gasteiger partial charge in [-0.05, 0) is 42.5 Å². The minimum atomic E-state index is 0.608. The molecule has 1 heteroatoms. The van der Waals surface area contributed by atoms with E-state index in [1.807, 2.05) is 0 Å². The molecule has 0 aromatic heterocycles. The normalized spacial score (nSPS) is 10.8. The highest BCUT2D eigenvalue weighted by atomic mass is 14.5. The second kappa shape index (κ2) is 4.43. The van der Waals surface area contributed by atoms with Crippen LogP contribution >= 0.6 is 0 Å². The van der Waals surface area contributed by atoms with Crippen LogP contribution in [0.2, 0.25) is 0 Å². The maximum absolute atomic E-state index is 5.56. The third-order valence-electron chi connectivity index (χ3n) is 2.45. The SMILES string of the molecule is Cc1ccc(C(C)C)cc1CCN. The molecule has 0 fully saturated rings. The van der Waals surface area contributed by atoms with Gasteiger partial charge in [-0.1, -0.05) is 32.0 Å². The van der Waals surface area contributed by atoms with E-state index >= 15 is 0 Å². The summed E-state index contributed by atoms with van der Waals surface area (Å²) in [7, 11) is 0. The number of hydrogen-bond acceptors (Lipinski definition) is 1. The Labute approximate surface area is 81.0 Å². The molecule has 0 saturated heterocycles. The number of nitrogens with two attached hydrogens (primary N) is 1. The summed E-state index contributed by atoms with van der Waals surface area (Å²) in [5, 5.41) is 0. The monoisotopic (exact) mass is 177 g/mol. The minimum absolute atomic E-state index is 0.608. The number of benzene rings is 1. The minimum Gasteiger partial charge on any atom is -0.330 e. The standard InChI is InChI=1S/C12H19N/c1-9(2)11-5-4-10(3)12(8-11)6-7-13/h4-5,8-9H,6-7,13H2,1-3H3. The molecule has 0 aliphatic rings. The van der Waals surface area contributed by atoms with Crippen molar-refractivity contribution >= 4 is 0 Å². The van der Waals surface area contributed by atoms with Gasteiger partial charge in [-0.15, -0.1) is 0 Å². The van der Waals surface area contributed by atoms with E-state index in [4.69, 9.17) is 5.73 Å². The highest BCUT2D eigenvalue weighted by Crippen LogP contribution is 2.18. The molecule has 0 amide bonds. The Kier molecular flexibility index (Phi) is 3.49. The van der Waals surface area contributed by atoms with E-state index in [1.165, 1.54) is 16.7 Å². The Morgan fingerprint density at radius 2 is 2.00 bits per heavy atom. The third-order valence-corrected chi connectivity index (χ3v) is 2.45. The Bertz CT molecular complexity index is 276. The summed E-state index contributed by atoms with van der Waals surface area (Å²) < 4.78 is 0. The van der Waals surface area contributed by atoms with Crippen molar-refractivity contribution in [1.82, 2.24) is 0 Å². The molecular weight excluding hydrogens is 158 g/mol. The lowest BCUT2D eigenvalue weighted by atomic mass is 9.96. The van der Waals surface area contributed by atoms with E-state index in [1.54, 1.807) is 0 Å². The molecule has 0 aliphatic heterocycles. The van der Waals surface area contributed by atoms with Gasteiger partial charge in [0.2, 0.25) is 0 Å². The summed E-state index contributed by atoms with van der Waals surface area (Å²) in [6.07, 6.45) is 0.992. The van der Waals surface area contributed by atoms with Crippen LogP contribution in [0.4, 0.5) is 0 Å². The largest absolute Gasteiger partial charge is 0.330 e. The Morgan fingerprint density at radius 1 is 1.31 bits per heavy atom. The Hall–Kier alpha value is -0.820. The maximum Gasteiger partial charge on any atom is -0.00366 e. The van der Waals surface area contributed by atoms with Crippen molar-refractivity contribution in [2.45, 2.75) is 33.1 Å². The average molecular weight is 177 g/mol. The van der Waals surface area contributed by atoms with Crippen LogP contribution in [0.5, 0.6) is 0 Å². The number of rotatable bonds is 3. The first-order chi connectivity index (χ1) is 6.15. The molecule has 0 spiro atoms. The van der Waals surface area contributed by atoms with E-state index in [-0.39, 0.29) is 0 Å². The van der Waals surface area contributed by atoms with Crippen molar-refractivity contribution in [2.24, 2.45) is 5.73 Å². The van der Waals surface area contributed by atoms with E-state index in [9.17, 15) is 0 Å². The fourth-order valence-electron chi connectivity index (χ4n) is 1.48. The lowest BCUT2D eigenvalue weighted by molar-refractivity contribution is 0.856. The van der Waals surface area contributed by atoms with Gasteiger partial charge in [-0.2, -0.15) is 0 Å². The Balaban J connectivity index is 2.97. The van der Waals surface area contributed by atoms with Crippen LogP contribution in [0.25, 0.3) is 0 Å². The van der Waals surface area contributed by atoms with Crippen molar-refractivity contribution in [3.63, 3.8) is 0 Å². The van der Waals surface area contributed by atoms with Crippen LogP contribution in [-0.4, -0.2) is 6.54 Å². The summed E-state index contributed by atoms with van der Waals surface area (Å²) in [6, 6.07) is 6.69. The summed E-state index contributed by atoms with van der Waals surface area (Å²) >= 11 is 0. The van der Waals surface area contributed by atoms with Crippen molar-refractivity contribution in [3.8, 4) is 0 Å². The predicted molar refractivity (Wildman–Crippen MR) is 58.0 cm³/mol. The topological polar surface area (TPSA) is 26.0 Å². The van der Waals surface area contributed by atoms with E-state index < -0.39 is 0 Å². The highest BCUT2D eigenvalue weighted by molar-refractivity contribution is 5.32. The fraction of sp³-hybridized carbons (Fsp3) is 0.500. The zero-order chi connectivity index (χ0) is 9.84. The molecule has 2 N–H and O–H groups in total. The van der Waals surface area contributed by atoms with Crippen LogP contribution in [0.3, 0.4) is 0 Å². The molecule has 0 aliphatic carbocycles. The zero-order valence-corrected chi connectivity index (χ0v) is 8.80. The lowest BCUT2D eigenvalue weighted by Crippen LogP contribution is -2.04. The van der Waals surface area contributed by atoms with Gasteiger partial charge in [0.25, 0.3) is 0 Å². The smallest absolute Gasteiger partial charge is 0.00366 e. The van der Waals surface area contributed by atoms with Gasteiger partial charge >= 0.3 is 0 Å². The van der Waals surface area contributed by atoms with Crippen molar-refractivity contribution in [3.05, 3.63) is 34.9 Å². The first-order valence-electron chi connectivity index (χ1n) is 4.94. The summed E-state index contributed by atoms with van der Waals surface area (Å²) in [6.45, 7) is 7.32. The molecule has 13 heavy (non-hydrogen) atoms. The fourth-order valence-corrected chi connectivity index (χ4v) is 1.48. The molecule has 1 rings (SSSR count). The van der Waals surface area contributed by atoms with Crippen LogP contribution in [0.15, 0.2) is 18.2 Å². The van der Waals surface area contributed by atoms with E-state index in [0.29, 0.717) is 5.92 Å². The zero-order valence-electron chi connectivity index (χ0n) is 8.80. The number of aryl methyl sites for hydroxylation is 1. The summed E-state index contributed by atoms with van der Waals surface area (Å²) in [5.41, 5.74) is 9.72. The van der Waals surface area contributed by atoms with E-state index in [0.717, 1.165) is 13.0 Å². The predicted octanol–water partition coefficient (Wildman–Crippen LogP) is 2.62. The summed E-state index contributed by atoms with van der Waals surface area (Å²) in [5.74, 6) is 0.608. The van der Waals surface area contributed by atoms with Gasteiger partial charge in [-0.25, -0.2) is 0 Å². The maximum atomic E-state index is 5.56. The van der Waals surface area contributed by atoms with Gasteiger partial charge in [0.15, 0.2) is 0 Å². The second-order valence-electron chi connectivity index (χ2n) is 3.88. The van der Waals surface area contributed by atoms with Crippen molar-refractivity contribution < 1.29 is 0 Å². The second-order valence-corrected chi connectivity index (χ2v) is 3.88. The first-order valence-corrected chi connectivity index (χ1v) is 4.94. The quantitative estimate of drug-likeness (QED) is 0.754. The molecule has 1 nitrogen and oxygen atoms in total. The molecule has 0 atom stereocenters. The first kappa shape index (κ1) is 10.3. The highest BCUT2D eigenvalue weighted by Gasteiger charge is 2.02. The van der Waals surface area contributed by atoms with Gasteiger partial charge < -0.3 is 5.73 Å². The molecular formula is C12H19N. The Morgan fingerprint density at radius 3 is 2.54 bits per heavy atom. The van der Waals surface area contributed by atoms with Gasteiger partial charge in [0, 0.05) is 0 Å². The molecule has 0 saturated carbocycles. The molecule has 0 bridgehead atoms. The van der Waals surface area contributed by atoms with Gasteiger partial charge in [0.05, 0.1) is 0 Å². The summed E-state index contributed by atoms with van der Waals surface area (Å²) in [4.78, 5) is 0. The van der Waals surface area contributed by atoms with Crippen LogP contribution in [-0.2, 0) is 6.42 Å². The third kappa shape index (κ3) is 2.56. The number of hydrogen-bond donors (Lipinski definition) is 1. The van der Waals surface area contributed by atoms with E-state index in [2.05, 4.69) is 39.0 Å². The lowest BCUT2D eigenvalue weighted by Gasteiger charge is -2.10. The molecule has 1 aromatic carbocycles. The molecule has 0 radical (unpaired) electrons. The van der Waals surface area contributed by atoms with Crippen LogP contribution in [0, 0.1) is 6.92 Å². The molecule has 72 valence electrons. The van der Waals surface area contributed by atoms with Crippen LogP contribution in [0.1, 0.15) is 36.5 Å². The van der Waals surface area contributed by atoms with Gasteiger partial charge in [0.1, 0.15) is 0 Å². The molecule has 0 heterocycles. The van der Waals surface area contributed by atoms with Gasteiger partial charge in [-0.3, -0.25) is 0 Å². The van der Waals surface area contributed by atoms with Crippen LogP contribution < -0.4 is 5.73 Å². The van der Waals surface area contributed by atoms with Crippen molar-refractivity contribution in [1.29, 1.82) is 0 Å². The molecule has 1 aromatic rings. The molecule has 0 unspecified atom stereocenters. The van der Waals surface area contributed by atoms with Crippen molar-refractivity contribution in [2.75, 3.05) is 6.54 Å².